The van der Waals surface area contributed by atoms with Gasteiger partial charge in [-0.25, -0.2) is 0 Å². The predicted octanol–water partition coefficient (Wildman–Crippen LogP) is 3.03. The second-order valence-corrected chi connectivity index (χ2v) is 5.35. The van der Waals surface area contributed by atoms with Crippen molar-refractivity contribution in [2.75, 3.05) is 13.4 Å². The van der Waals surface area contributed by atoms with E-state index in [2.05, 4.69) is 4.99 Å². The lowest BCUT2D eigenvalue weighted by atomic mass is 10.2. The molecular formula is C12H11NO2S2. The fourth-order valence-electron chi connectivity index (χ4n) is 1.33. The van der Waals surface area contributed by atoms with Crippen LogP contribution in [-0.4, -0.2) is 23.6 Å². The summed E-state index contributed by atoms with van der Waals surface area (Å²) in [4.78, 5) is 16.2. The second-order valence-electron chi connectivity index (χ2n) is 3.27. The van der Waals surface area contributed by atoms with Crippen LogP contribution in [-0.2, 0) is 4.79 Å². The van der Waals surface area contributed by atoms with Crippen molar-refractivity contribution in [3.05, 3.63) is 34.7 Å². The number of ether oxygens (including phenoxy) is 1. The minimum Gasteiger partial charge on any atom is -0.497 e. The molecule has 0 bridgehead atoms. The Kier molecular flexibility index (Phi) is 3.91. The number of nitrogens with zero attached hydrogens (tertiary/aromatic N) is 1. The van der Waals surface area contributed by atoms with Gasteiger partial charge in [0.15, 0.2) is 0 Å². The van der Waals surface area contributed by atoms with E-state index in [0.717, 1.165) is 15.7 Å². The monoisotopic (exact) mass is 265 g/mol. The molecule has 2 rings (SSSR count). The van der Waals surface area contributed by atoms with E-state index in [1.807, 2.05) is 36.6 Å². The lowest BCUT2D eigenvalue weighted by Gasteiger charge is -2.00. The molecule has 1 aromatic rings. The van der Waals surface area contributed by atoms with Gasteiger partial charge in [0.1, 0.15) is 10.1 Å². The molecule has 1 aromatic carbocycles. The molecule has 1 aliphatic heterocycles. The van der Waals surface area contributed by atoms with E-state index in [0.29, 0.717) is 4.91 Å². The summed E-state index contributed by atoms with van der Waals surface area (Å²) in [5.74, 6) is 0.647. The first-order chi connectivity index (χ1) is 8.22. The molecule has 1 heterocycles. The number of carbonyl (C=O) groups excluding carboxylic acids is 1. The van der Waals surface area contributed by atoms with Crippen LogP contribution < -0.4 is 4.74 Å². The molecule has 0 spiro atoms. The van der Waals surface area contributed by atoms with Gasteiger partial charge in [0.25, 0.3) is 5.91 Å². The van der Waals surface area contributed by atoms with Gasteiger partial charge < -0.3 is 4.74 Å². The Bertz CT molecular complexity index is 492. The lowest BCUT2D eigenvalue weighted by Crippen LogP contribution is -1.88. The molecule has 1 aliphatic rings. The van der Waals surface area contributed by atoms with E-state index in [-0.39, 0.29) is 5.91 Å². The highest BCUT2D eigenvalue weighted by Crippen LogP contribution is 2.32. The van der Waals surface area contributed by atoms with E-state index < -0.39 is 0 Å². The molecule has 5 heteroatoms. The maximum atomic E-state index is 11.6. The fraction of sp³-hybridized carbons (Fsp3) is 0.167. The molecule has 0 fully saturated rings. The molecule has 1 amide bonds. The number of methoxy groups -OCH3 is 1. The molecule has 0 unspecified atom stereocenters. The number of hydrogen-bond acceptors (Lipinski definition) is 4. The summed E-state index contributed by atoms with van der Waals surface area (Å²) < 4.78 is 5.88. The van der Waals surface area contributed by atoms with Crippen molar-refractivity contribution < 1.29 is 9.53 Å². The minimum absolute atomic E-state index is 0.157. The van der Waals surface area contributed by atoms with Crippen molar-refractivity contribution >= 4 is 39.9 Å². The molecule has 0 saturated heterocycles. The molecule has 0 N–H and O–H groups in total. The van der Waals surface area contributed by atoms with Gasteiger partial charge in [-0.2, -0.15) is 4.99 Å². The van der Waals surface area contributed by atoms with Gasteiger partial charge in [0.2, 0.25) is 0 Å². The Morgan fingerprint density at radius 2 is 2.06 bits per heavy atom. The number of rotatable bonds is 2. The van der Waals surface area contributed by atoms with Crippen LogP contribution in [0.25, 0.3) is 6.08 Å². The summed E-state index contributed by atoms with van der Waals surface area (Å²) in [6.45, 7) is 0. The zero-order valence-corrected chi connectivity index (χ0v) is 11.1. The van der Waals surface area contributed by atoms with Gasteiger partial charge in [-0.05, 0) is 30.0 Å². The Labute approximate surface area is 108 Å². The van der Waals surface area contributed by atoms with Crippen molar-refractivity contribution in [2.24, 2.45) is 4.99 Å². The molecule has 88 valence electrons. The fourth-order valence-corrected chi connectivity index (χ4v) is 2.75. The predicted molar refractivity (Wildman–Crippen MR) is 74.5 cm³/mol. The topological polar surface area (TPSA) is 38.7 Å². The molecular weight excluding hydrogens is 254 g/mol. The molecule has 0 radical (unpaired) electrons. The SMILES string of the molecule is COc1ccc(C=C2SC(SC)=NC2=O)cc1. The molecule has 0 saturated carbocycles. The van der Waals surface area contributed by atoms with Crippen LogP contribution in [0.5, 0.6) is 5.75 Å². The smallest absolute Gasteiger partial charge is 0.285 e. The van der Waals surface area contributed by atoms with Crippen LogP contribution >= 0.6 is 23.5 Å². The average Bonchev–Trinajstić information content (AvgIpc) is 2.71. The van der Waals surface area contributed by atoms with Crippen molar-refractivity contribution in [1.29, 1.82) is 0 Å². The number of carbonyl (C=O) groups is 1. The summed E-state index contributed by atoms with van der Waals surface area (Å²) in [6.07, 6.45) is 3.76. The third-order valence-corrected chi connectivity index (χ3v) is 4.16. The molecule has 0 aliphatic carbocycles. The summed E-state index contributed by atoms with van der Waals surface area (Å²) in [5.41, 5.74) is 0.971. The number of thioether (sulfide) groups is 2. The van der Waals surface area contributed by atoms with Gasteiger partial charge in [-0.3, -0.25) is 4.79 Å². The first kappa shape index (κ1) is 12.3. The normalized spacial score (nSPS) is 17.4. The van der Waals surface area contributed by atoms with Gasteiger partial charge in [0.05, 0.1) is 12.0 Å². The Hall–Kier alpha value is -1.20. The standard InChI is InChI=1S/C12H11NO2S2/c1-15-9-5-3-8(4-6-9)7-10-11(14)13-12(16-2)17-10/h3-7H,1-2H3. The first-order valence-electron chi connectivity index (χ1n) is 4.93. The van der Waals surface area contributed by atoms with E-state index in [1.165, 1.54) is 23.5 Å². The highest BCUT2D eigenvalue weighted by Gasteiger charge is 2.20. The zero-order valence-electron chi connectivity index (χ0n) is 9.47. The van der Waals surface area contributed by atoms with Gasteiger partial charge in [-0.15, -0.1) is 11.8 Å². The highest BCUT2D eigenvalue weighted by molar-refractivity contribution is 8.40. The van der Waals surface area contributed by atoms with Crippen LogP contribution in [0.2, 0.25) is 0 Å². The Morgan fingerprint density at radius 1 is 1.35 bits per heavy atom. The largest absolute Gasteiger partial charge is 0.497 e. The van der Waals surface area contributed by atoms with Crippen molar-refractivity contribution in [3.8, 4) is 5.75 Å². The quantitative estimate of drug-likeness (QED) is 0.770. The lowest BCUT2D eigenvalue weighted by molar-refractivity contribution is -0.113. The third kappa shape index (κ3) is 2.92. The van der Waals surface area contributed by atoms with E-state index >= 15 is 0 Å². The summed E-state index contributed by atoms with van der Waals surface area (Å²) >= 11 is 2.90. The zero-order chi connectivity index (χ0) is 12.3. The first-order valence-corrected chi connectivity index (χ1v) is 6.97. The number of aliphatic imine (C=N–C) groups is 1. The summed E-state index contributed by atoms with van der Waals surface area (Å²) in [5, 5.41) is 0. The summed E-state index contributed by atoms with van der Waals surface area (Å²) in [7, 11) is 1.63. The Balaban J connectivity index is 2.17. The van der Waals surface area contributed by atoms with Gasteiger partial charge >= 0.3 is 0 Å². The van der Waals surface area contributed by atoms with Crippen molar-refractivity contribution in [1.82, 2.24) is 0 Å². The number of amides is 1. The molecule has 3 nitrogen and oxygen atoms in total. The summed E-state index contributed by atoms with van der Waals surface area (Å²) in [6, 6.07) is 7.56. The second kappa shape index (κ2) is 5.42. The number of benzene rings is 1. The maximum Gasteiger partial charge on any atom is 0.285 e. The molecule has 0 atom stereocenters. The Morgan fingerprint density at radius 3 is 2.59 bits per heavy atom. The maximum absolute atomic E-state index is 11.6. The van der Waals surface area contributed by atoms with Gasteiger partial charge in [0, 0.05) is 0 Å². The van der Waals surface area contributed by atoms with Crippen LogP contribution in [0.15, 0.2) is 34.2 Å². The highest BCUT2D eigenvalue weighted by atomic mass is 32.2. The van der Waals surface area contributed by atoms with Crippen molar-refractivity contribution in [2.45, 2.75) is 0 Å². The van der Waals surface area contributed by atoms with E-state index in [4.69, 9.17) is 4.74 Å². The van der Waals surface area contributed by atoms with Crippen LogP contribution in [0, 0.1) is 0 Å². The van der Waals surface area contributed by atoms with Gasteiger partial charge in [-0.1, -0.05) is 23.9 Å². The van der Waals surface area contributed by atoms with Crippen LogP contribution in [0.3, 0.4) is 0 Å². The third-order valence-electron chi connectivity index (χ3n) is 2.19. The molecule has 0 aromatic heterocycles. The number of hydrogen-bond donors (Lipinski definition) is 0. The average molecular weight is 265 g/mol. The minimum atomic E-state index is -0.157. The van der Waals surface area contributed by atoms with Crippen LogP contribution in [0.1, 0.15) is 5.56 Å². The molecule has 17 heavy (non-hydrogen) atoms. The van der Waals surface area contributed by atoms with Crippen LogP contribution in [0.4, 0.5) is 0 Å². The van der Waals surface area contributed by atoms with E-state index in [1.54, 1.807) is 7.11 Å². The van der Waals surface area contributed by atoms with Crippen molar-refractivity contribution in [3.63, 3.8) is 0 Å². The van der Waals surface area contributed by atoms with E-state index in [9.17, 15) is 4.79 Å².